The van der Waals surface area contributed by atoms with Crippen LogP contribution in [0.1, 0.15) is 0 Å². The van der Waals surface area contributed by atoms with Crippen molar-refractivity contribution < 1.29 is 13.5 Å². The lowest BCUT2D eigenvalue weighted by Crippen LogP contribution is -2.01. The molecule has 0 unspecified atom stereocenters. The second-order valence-electron chi connectivity index (χ2n) is 3.19. The van der Waals surface area contributed by atoms with Gasteiger partial charge in [-0.15, -0.1) is 0 Å². The molecule has 0 aliphatic rings. The molecule has 2 aromatic rings. The molecule has 0 aliphatic carbocycles. The highest BCUT2D eigenvalue weighted by Gasteiger charge is 2.04. The van der Waals surface area contributed by atoms with Gasteiger partial charge in [0.1, 0.15) is 16.2 Å². The van der Waals surface area contributed by atoms with Crippen LogP contribution in [0, 0.1) is 4.64 Å². The van der Waals surface area contributed by atoms with Crippen LogP contribution in [-0.2, 0) is 0 Å². The van der Waals surface area contributed by atoms with E-state index in [1.165, 1.54) is 12.1 Å². The number of aromatic amines is 1. The number of ether oxygens (including phenoxy) is 1. The van der Waals surface area contributed by atoms with Crippen LogP contribution in [0.3, 0.4) is 0 Å². The average molecular weight is 254 g/mol. The summed E-state index contributed by atoms with van der Waals surface area (Å²) < 4.78 is 28.7. The first kappa shape index (κ1) is 11.7. The fourth-order valence-electron chi connectivity index (χ4n) is 1.31. The Morgan fingerprint density at radius 2 is 1.88 bits per heavy atom. The van der Waals surface area contributed by atoms with E-state index in [9.17, 15) is 8.78 Å². The maximum atomic E-state index is 11.9. The van der Waals surface area contributed by atoms with Crippen LogP contribution in [0.15, 0.2) is 36.5 Å². The van der Waals surface area contributed by atoms with Crippen LogP contribution in [0.4, 0.5) is 8.78 Å². The molecule has 0 aliphatic heterocycles. The van der Waals surface area contributed by atoms with Crippen LogP contribution in [0.25, 0.3) is 11.4 Å². The fourth-order valence-corrected chi connectivity index (χ4v) is 1.47. The molecule has 1 heterocycles. The first-order valence-corrected chi connectivity index (χ1v) is 5.16. The van der Waals surface area contributed by atoms with Crippen molar-refractivity contribution in [1.82, 2.24) is 9.97 Å². The van der Waals surface area contributed by atoms with Gasteiger partial charge in [-0.3, -0.25) is 0 Å². The molecule has 1 N–H and O–H groups in total. The minimum absolute atomic E-state index is 0.110. The summed E-state index contributed by atoms with van der Waals surface area (Å²) in [6.45, 7) is -2.82. The molecule has 6 heteroatoms. The Balaban J connectivity index is 2.26. The normalized spacial score (nSPS) is 10.5. The molecular weight excluding hydrogens is 246 g/mol. The van der Waals surface area contributed by atoms with E-state index >= 15 is 0 Å². The molecule has 2 rings (SSSR count). The number of hydrogen-bond acceptors (Lipinski definition) is 3. The molecule has 0 atom stereocenters. The number of rotatable bonds is 3. The third-order valence-corrected chi connectivity index (χ3v) is 2.26. The molecule has 0 amide bonds. The van der Waals surface area contributed by atoms with Crippen molar-refractivity contribution in [2.75, 3.05) is 0 Å². The molecule has 0 saturated heterocycles. The molecule has 0 saturated carbocycles. The Labute approximate surface area is 101 Å². The fraction of sp³-hybridized carbons (Fsp3) is 0.0909. The molecule has 1 aromatic carbocycles. The zero-order valence-electron chi connectivity index (χ0n) is 8.56. The van der Waals surface area contributed by atoms with Gasteiger partial charge in [0.25, 0.3) is 0 Å². The van der Waals surface area contributed by atoms with E-state index < -0.39 is 6.61 Å². The maximum Gasteiger partial charge on any atom is 0.387 e. The Morgan fingerprint density at radius 1 is 1.18 bits per heavy atom. The number of aromatic nitrogens is 2. The quantitative estimate of drug-likeness (QED) is 0.853. The van der Waals surface area contributed by atoms with Gasteiger partial charge in [-0.1, -0.05) is 12.2 Å². The summed E-state index contributed by atoms with van der Waals surface area (Å²) in [6.07, 6.45) is 1.58. The van der Waals surface area contributed by atoms with E-state index in [1.54, 1.807) is 24.4 Å². The number of hydrogen-bond donors (Lipinski definition) is 1. The number of halogens is 2. The standard InChI is InChI=1S/C11H8F2N2OS/c12-11(13)16-8-3-1-7(2-4-8)10-14-6-5-9(17)15-10/h1-6,11H,(H,14,15,17). The predicted molar refractivity (Wildman–Crippen MR) is 61.5 cm³/mol. The second kappa shape index (κ2) is 5.01. The van der Waals surface area contributed by atoms with Crippen LogP contribution >= 0.6 is 12.2 Å². The number of H-pyrrole nitrogens is 1. The third kappa shape index (κ3) is 3.07. The van der Waals surface area contributed by atoms with Gasteiger partial charge in [0.2, 0.25) is 0 Å². The lowest BCUT2D eigenvalue weighted by molar-refractivity contribution is -0.0498. The SMILES string of the molecule is FC(F)Oc1ccc(-c2nccc(=S)[nH]2)cc1. The summed E-state index contributed by atoms with van der Waals surface area (Å²) in [5, 5.41) is 0. The number of alkyl halides is 2. The van der Waals surface area contributed by atoms with Crippen molar-refractivity contribution >= 4 is 12.2 Å². The van der Waals surface area contributed by atoms with Gasteiger partial charge >= 0.3 is 6.61 Å². The summed E-state index contributed by atoms with van der Waals surface area (Å²) in [4.78, 5) is 6.99. The highest BCUT2D eigenvalue weighted by molar-refractivity contribution is 7.71. The van der Waals surface area contributed by atoms with Crippen LogP contribution in [-0.4, -0.2) is 16.6 Å². The molecule has 1 aromatic heterocycles. The van der Waals surface area contributed by atoms with Gasteiger partial charge in [-0.2, -0.15) is 8.78 Å². The Morgan fingerprint density at radius 3 is 2.47 bits per heavy atom. The number of nitrogens with one attached hydrogen (secondary N) is 1. The smallest absolute Gasteiger partial charge is 0.387 e. The van der Waals surface area contributed by atoms with Gasteiger partial charge in [0.15, 0.2) is 0 Å². The highest BCUT2D eigenvalue weighted by Crippen LogP contribution is 2.20. The maximum absolute atomic E-state index is 11.9. The lowest BCUT2D eigenvalue weighted by Gasteiger charge is -2.05. The Bertz CT molecular complexity index is 554. The Kier molecular flexibility index (Phi) is 3.43. The zero-order chi connectivity index (χ0) is 12.3. The first-order chi connectivity index (χ1) is 8.15. The third-order valence-electron chi connectivity index (χ3n) is 2.02. The summed E-state index contributed by atoms with van der Waals surface area (Å²) in [5.41, 5.74) is 0.748. The summed E-state index contributed by atoms with van der Waals surface area (Å²) in [7, 11) is 0. The van der Waals surface area contributed by atoms with Crippen molar-refractivity contribution in [2.45, 2.75) is 6.61 Å². The van der Waals surface area contributed by atoms with Crippen molar-refractivity contribution in [1.29, 1.82) is 0 Å². The van der Waals surface area contributed by atoms with Crippen LogP contribution < -0.4 is 4.74 Å². The molecular formula is C11H8F2N2OS. The molecule has 17 heavy (non-hydrogen) atoms. The van der Waals surface area contributed by atoms with E-state index in [-0.39, 0.29) is 5.75 Å². The molecule has 3 nitrogen and oxygen atoms in total. The van der Waals surface area contributed by atoms with E-state index in [0.29, 0.717) is 10.5 Å². The molecule has 88 valence electrons. The minimum Gasteiger partial charge on any atom is -0.435 e. The van der Waals surface area contributed by atoms with Gasteiger partial charge < -0.3 is 9.72 Å². The molecule has 0 fully saturated rings. The molecule has 0 spiro atoms. The Hall–Kier alpha value is -1.82. The van der Waals surface area contributed by atoms with Crippen molar-refractivity contribution in [3.8, 4) is 17.1 Å². The highest BCUT2D eigenvalue weighted by atomic mass is 32.1. The topological polar surface area (TPSA) is 37.9 Å². The van der Waals surface area contributed by atoms with Gasteiger partial charge in [0.05, 0.1) is 0 Å². The van der Waals surface area contributed by atoms with Crippen LogP contribution in [0.2, 0.25) is 0 Å². The largest absolute Gasteiger partial charge is 0.435 e. The summed E-state index contributed by atoms with van der Waals surface area (Å²) >= 11 is 4.96. The number of benzene rings is 1. The van der Waals surface area contributed by atoms with Crippen molar-refractivity contribution in [3.05, 3.63) is 41.2 Å². The first-order valence-electron chi connectivity index (χ1n) is 4.76. The predicted octanol–water partition coefficient (Wildman–Crippen LogP) is 3.41. The van der Waals surface area contributed by atoms with E-state index in [0.717, 1.165) is 5.56 Å². The lowest BCUT2D eigenvalue weighted by atomic mass is 10.2. The molecule has 0 bridgehead atoms. The van der Waals surface area contributed by atoms with Gasteiger partial charge in [-0.05, 0) is 30.3 Å². The van der Waals surface area contributed by atoms with E-state index in [1.807, 2.05) is 0 Å². The minimum atomic E-state index is -2.82. The second-order valence-corrected chi connectivity index (χ2v) is 3.63. The van der Waals surface area contributed by atoms with E-state index in [2.05, 4.69) is 14.7 Å². The van der Waals surface area contributed by atoms with E-state index in [4.69, 9.17) is 12.2 Å². The van der Waals surface area contributed by atoms with Gasteiger partial charge in [0, 0.05) is 11.8 Å². The summed E-state index contributed by atoms with van der Waals surface area (Å²) in [5.74, 6) is 0.694. The van der Waals surface area contributed by atoms with Crippen molar-refractivity contribution in [3.63, 3.8) is 0 Å². The zero-order valence-corrected chi connectivity index (χ0v) is 9.38. The number of nitrogens with zero attached hydrogens (tertiary/aromatic N) is 1. The van der Waals surface area contributed by atoms with Crippen LogP contribution in [0.5, 0.6) is 5.75 Å². The summed E-state index contributed by atoms with van der Waals surface area (Å²) in [6, 6.07) is 7.82. The monoisotopic (exact) mass is 254 g/mol. The molecule has 0 radical (unpaired) electrons. The van der Waals surface area contributed by atoms with Gasteiger partial charge in [-0.25, -0.2) is 4.98 Å². The average Bonchev–Trinajstić information content (AvgIpc) is 2.29. The van der Waals surface area contributed by atoms with Crippen molar-refractivity contribution in [2.24, 2.45) is 0 Å².